The molecule has 0 saturated heterocycles. The lowest BCUT2D eigenvalue weighted by atomic mass is 10.2. The van der Waals surface area contributed by atoms with Crippen molar-refractivity contribution in [2.45, 2.75) is 13.1 Å². The quantitative estimate of drug-likeness (QED) is 0.684. The molecule has 0 bridgehead atoms. The molecular weight excluding hydrogens is 347 g/mol. The van der Waals surface area contributed by atoms with Crippen molar-refractivity contribution in [3.8, 4) is 27.2 Å². The summed E-state index contributed by atoms with van der Waals surface area (Å²) in [6.45, 7) is 1.76. The van der Waals surface area contributed by atoms with Gasteiger partial charge in [-0.1, -0.05) is 0 Å². The van der Waals surface area contributed by atoms with Gasteiger partial charge in [-0.05, 0) is 24.4 Å². The topological polar surface area (TPSA) is 47.9 Å². The molecule has 0 amide bonds. The number of rotatable bonds is 3. The molecule has 0 unspecified atom stereocenters. The first-order chi connectivity index (χ1) is 10.9. The maximum Gasteiger partial charge on any atom is 0.434 e. The van der Waals surface area contributed by atoms with Crippen LogP contribution in [0.25, 0.3) is 21.4 Å². The minimum absolute atomic E-state index is 0.137. The first kappa shape index (κ1) is 15.9. The highest BCUT2D eigenvalue weighted by molar-refractivity contribution is 7.14. The van der Waals surface area contributed by atoms with Crippen molar-refractivity contribution < 1.29 is 17.9 Å². The summed E-state index contributed by atoms with van der Waals surface area (Å²) in [6, 6.07) is 3.57. The SMILES string of the molecule is COc1ccsc1-c1cc(C)nc(-c2nc(C(F)(F)F)cs2)n1. The van der Waals surface area contributed by atoms with Crippen LogP contribution in [0.4, 0.5) is 13.2 Å². The summed E-state index contributed by atoms with van der Waals surface area (Å²) >= 11 is 2.31. The summed E-state index contributed by atoms with van der Waals surface area (Å²) in [5.41, 5.74) is 0.310. The molecule has 3 aromatic heterocycles. The van der Waals surface area contributed by atoms with Gasteiger partial charge in [0, 0.05) is 11.1 Å². The van der Waals surface area contributed by atoms with E-state index in [0.717, 1.165) is 21.6 Å². The van der Waals surface area contributed by atoms with E-state index in [1.807, 2.05) is 11.4 Å². The molecule has 0 aromatic carbocycles. The molecule has 0 spiro atoms. The molecule has 9 heteroatoms. The molecule has 0 aliphatic rings. The Kier molecular flexibility index (Phi) is 4.07. The molecule has 0 radical (unpaired) electrons. The van der Waals surface area contributed by atoms with Crippen molar-refractivity contribution in [2.75, 3.05) is 7.11 Å². The molecule has 0 saturated carbocycles. The average Bonchev–Trinajstić information content (AvgIpc) is 3.15. The summed E-state index contributed by atoms with van der Waals surface area (Å²) in [6.07, 6.45) is -4.47. The van der Waals surface area contributed by atoms with Gasteiger partial charge >= 0.3 is 6.18 Å². The molecule has 0 atom stereocenters. The van der Waals surface area contributed by atoms with Gasteiger partial charge in [-0.2, -0.15) is 13.2 Å². The van der Waals surface area contributed by atoms with E-state index in [1.165, 1.54) is 11.3 Å². The van der Waals surface area contributed by atoms with E-state index in [2.05, 4.69) is 15.0 Å². The largest absolute Gasteiger partial charge is 0.495 e. The standard InChI is InChI=1S/C14H10F3N3OS2/c1-7-5-8(11-9(21-2)3-4-22-11)19-12(18-7)13-20-10(6-23-13)14(15,16)17/h3-6H,1-2H3. The van der Waals surface area contributed by atoms with Crippen LogP contribution in [0.3, 0.4) is 0 Å². The van der Waals surface area contributed by atoms with Gasteiger partial charge in [0.05, 0.1) is 17.7 Å². The van der Waals surface area contributed by atoms with Gasteiger partial charge in [-0.25, -0.2) is 15.0 Å². The second kappa shape index (κ2) is 5.89. The first-order valence-corrected chi connectivity index (χ1v) is 8.15. The fourth-order valence-electron chi connectivity index (χ4n) is 1.93. The van der Waals surface area contributed by atoms with Crippen molar-refractivity contribution >= 4 is 22.7 Å². The normalized spacial score (nSPS) is 11.7. The van der Waals surface area contributed by atoms with Gasteiger partial charge < -0.3 is 4.74 Å². The summed E-state index contributed by atoms with van der Waals surface area (Å²) in [5.74, 6) is 0.838. The van der Waals surface area contributed by atoms with Crippen molar-refractivity contribution in [1.82, 2.24) is 15.0 Å². The molecule has 3 heterocycles. The molecule has 0 aliphatic heterocycles. The highest BCUT2D eigenvalue weighted by Crippen LogP contribution is 2.36. The zero-order chi connectivity index (χ0) is 16.6. The van der Waals surface area contributed by atoms with E-state index in [9.17, 15) is 13.2 Å². The summed E-state index contributed by atoms with van der Waals surface area (Å²) in [7, 11) is 1.55. The van der Waals surface area contributed by atoms with Crippen LogP contribution in [0.1, 0.15) is 11.4 Å². The van der Waals surface area contributed by atoms with Crippen LogP contribution < -0.4 is 4.74 Å². The van der Waals surface area contributed by atoms with E-state index in [4.69, 9.17) is 4.74 Å². The maximum absolute atomic E-state index is 12.7. The Labute approximate surface area is 137 Å². The maximum atomic E-state index is 12.7. The lowest BCUT2D eigenvalue weighted by Crippen LogP contribution is -2.05. The van der Waals surface area contributed by atoms with Crippen LogP contribution in [0, 0.1) is 6.92 Å². The summed E-state index contributed by atoms with van der Waals surface area (Å²) < 4.78 is 43.3. The monoisotopic (exact) mass is 357 g/mol. The van der Waals surface area contributed by atoms with Crippen LogP contribution in [-0.2, 0) is 6.18 Å². The Bertz CT molecular complexity index is 842. The number of nitrogens with zero attached hydrogens (tertiary/aromatic N) is 3. The third-order valence-electron chi connectivity index (χ3n) is 2.92. The van der Waals surface area contributed by atoms with E-state index in [-0.39, 0.29) is 10.8 Å². The lowest BCUT2D eigenvalue weighted by molar-refractivity contribution is -0.140. The molecule has 120 valence electrons. The number of aryl methyl sites for hydroxylation is 1. The highest BCUT2D eigenvalue weighted by Gasteiger charge is 2.34. The van der Waals surface area contributed by atoms with Gasteiger partial charge in [-0.15, -0.1) is 22.7 Å². The second-order valence-electron chi connectivity index (χ2n) is 4.57. The molecular formula is C14H10F3N3OS2. The van der Waals surface area contributed by atoms with Crippen molar-refractivity contribution in [3.05, 3.63) is 34.3 Å². The van der Waals surface area contributed by atoms with Crippen molar-refractivity contribution in [1.29, 1.82) is 0 Å². The first-order valence-electron chi connectivity index (χ1n) is 6.39. The Morgan fingerprint density at radius 1 is 1.13 bits per heavy atom. The summed E-state index contributed by atoms with van der Waals surface area (Å²) in [5, 5.41) is 2.96. The molecule has 0 aliphatic carbocycles. The number of thiazole rings is 1. The number of halogens is 3. The number of hydrogen-bond acceptors (Lipinski definition) is 6. The predicted molar refractivity (Wildman–Crippen MR) is 82.7 cm³/mol. The Hall–Kier alpha value is -2.00. The minimum atomic E-state index is -4.47. The van der Waals surface area contributed by atoms with Crippen LogP contribution >= 0.6 is 22.7 Å². The molecule has 0 fully saturated rings. The van der Waals surface area contributed by atoms with Gasteiger partial charge in [0.2, 0.25) is 0 Å². The van der Waals surface area contributed by atoms with Gasteiger partial charge in [0.15, 0.2) is 16.5 Å². The van der Waals surface area contributed by atoms with Crippen LogP contribution in [-0.4, -0.2) is 22.1 Å². The van der Waals surface area contributed by atoms with Crippen molar-refractivity contribution in [2.24, 2.45) is 0 Å². The number of methoxy groups -OCH3 is 1. The van der Waals surface area contributed by atoms with Gasteiger partial charge in [0.25, 0.3) is 0 Å². The Morgan fingerprint density at radius 3 is 2.57 bits per heavy atom. The average molecular weight is 357 g/mol. The number of thiophene rings is 1. The third-order valence-corrected chi connectivity index (χ3v) is 4.68. The predicted octanol–water partition coefficient (Wildman–Crippen LogP) is 4.66. The fourth-order valence-corrected chi connectivity index (χ4v) is 3.51. The Morgan fingerprint density at radius 2 is 1.91 bits per heavy atom. The molecule has 23 heavy (non-hydrogen) atoms. The minimum Gasteiger partial charge on any atom is -0.495 e. The lowest BCUT2D eigenvalue weighted by Gasteiger charge is -2.05. The number of aromatic nitrogens is 3. The van der Waals surface area contributed by atoms with Gasteiger partial charge in [0.1, 0.15) is 5.75 Å². The fraction of sp³-hybridized carbons (Fsp3) is 0.214. The smallest absolute Gasteiger partial charge is 0.434 e. The van der Waals surface area contributed by atoms with E-state index in [0.29, 0.717) is 17.1 Å². The number of ether oxygens (including phenoxy) is 1. The van der Waals surface area contributed by atoms with Crippen LogP contribution in [0.2, 0.25) is 0 Å². The number of hydrogen-bond donors (Lipinski definition) is 0. The highest BCUT2D eigenvalue weighted by atomic mass is 32.1. The van der Waals surface area contributed by atoms with E-state index < -0.39 is 11.9 Å². The van der Waals surface area contributed by atoms with E-state index in [1.54, 1.807) is 20.1 Å². The molecule has 4 nitrogen and oxygen atoms in total. The second-order valence-corrected chi connectivity index (χ2v) is 6.35. The van der Waals surface area contributed by atoms with Crippen LogP contribution in [0.5, 0.6) is 5.75 Å². The van der Waals surface area contributed by atoms with E-state index >= 15 is 0 Å². The molecule has 0 N–H and O–H groups in total. The van der Waals surface area contributed by atoms with Gasteiger partial charge in [-0.3, -0.25) is 0 Å². The van der Waals surface area contributed by atoms with Crippen molar-refractivity contribution in [3.63, 3.8) is 0 Å². The summed E-state index contributed by atoms with van der Waals surface area (Å²) in [4.78, 5) is 12.9. The number of alkyl halides is 3. The Balaban J connectivity index is 2.06. The molecule has 3 aromatic rings. The zero-order valence-electron chi connectivity index (χ0n) is 12.0. The van der Waals surface area contributed by atoms with Crippen LogP contribution in [0.15, 0.2) is 22.9 Å². The third kappa shape index (κ3) is 3.20. The zero-order valence-corrected chi connectivity index (χ0v) is 13.6. The molecule has 3 rings (SSSR count).